The molecule has 0 radical (unpaired) electrons. The van der Waals surface area contributed by atoms with Crippen molar-refractivity contribution in [3.63, 3.8) is 0 Å². The Labute approximate surface area is 145 Å². The number of carbonyl (C=O) groups excluding carboxylic acids is 2. The topological polar surface area (TPSA) is 81.4 Å². The summed E-state index contributed by atoms with van der Waals surface area (Å²) in [5.74, 6) is -2.37. The molecule has 0 bridgehead atoms. The molecular formula is C18H24F2N2O3. The van der Waals surface area contributed by atoms with Crippen LogP contribution in [0.1, 0.15) is 44.1 Å². The lowest BCUT2D eigenvalue weighted by molar-refractivity contribution is -0.124. The van der Waals surface area contributed by atoms with E-state index in [1.165, 1.54) is 12.1 Å². The van der Waals surface area contributed by atoms with Crippen LogP contribution in [-0.4, -0.2) is 31.1 Å². The molecule has 0 saturated carbocycles. The second-order valence-electron chi connectivity index (χ2n) is 6.57. The fourth-order valence-corrected chi connectivity index (χ4v) is 3.23. The van der Waals surface area contributed by atoms with E-state index in [0.717, 1.165) is 18.9 Å². The monoisotopic (exact) mass is 354 g/mol. The Bertz CT molecular complexity index is 618. The van der Waals surface area contributed by atoms with Gasteiger partial charge in [-0.1, -0.05) is 13.0 Å². The molecule has 2 atom stereocenters. The van der Waals surface area contributed by atoms with Gasteiger partial charge in [0.1, 0.15) is 11.6 Å². The summed E-state index contributed by atoms with van der Waals surface area (Å²) < 4.78 is 32.1. The van der Waals surface area contributed by atoms with Crippen molar-refractivity contribution in [1.29, 1.82) is 0 Å². The number of amides is 2. The third-order valence-corrected chi connectivity index (χ3v) is 4.59. The lowest BCUT2D eigenvalue weighted by Crippen LogP contribution is -2.44. The molecule has 7 heteroatoms. The highest BCUT2D eigenvalue weighted by Gasteiger charge is 2.27. The Morgan fingerprint density at radius 2 is 1.96 bits per heavy atom. The van der Waals surface area contributed by atoms with Crippen molar-refractivity contribution < 1.29 is 23.1 Å². The predicted molar refractivity (Wildman–Crippen MR) is 88.7 cm³/mol. The first-order valence-corrected chi connectivity index (χ1v) is 8.47. The Morgan fingerprint density at radius 1 is 1.28 bits per heavy atom. The third kappa shape index (κ3) is 5.77. The van der Waals surface area contributed by atoms with Crippen molar-refractivity contribution in [2.24, 2.45) is 11.7 Å². The smallest absolute Gasteiger partial charge is 0.220 e. The van der Waals surface area contributed by atoms with Gasteiger partial charge in [0.2, 0.25) is 11.8 Å². The van der Waals surface area contributed by atoms with E-state index in [-0.39, 0.29) is 36.3 Å². The third-order valence-electron chi connectivity index (χ3n) is 4.59. The van der Waals surface area contributed by atoms with Crippen LogP contribution >= 0.6 is 0 Å². The molecule has 25 heavy (non-hydrogen) atoms. The number of benzene rings is 1. The largest absolute Gasteiger partial charge is 0.381 e. The first-order valence-electron chi connectivity index (χ1n) is 8.47. The van der Waals surface area contributed by atoms with E-state index in [2.05, 4.69) is 5.32 Å². The molecule has 1 aliphatic rings. The number of nitrogens with two attached hydrogens (primary N) is 1. The summed E-state index contributed by atoms with van der Waals surface area (Å²) in [5.41, 5.74) is 5.58. The van der Waals surface area contributed by atoms with Crippen LogP contribution in [0.4, 0.5) is 8.78 Å². The summed E-state index contributed by atoms with van der Waals surface area (Å²) >= 11 is 0. The van der Waals surface area contributed by atoms with Crippen LogP contribution in [0, 0.1) is 17.6 Å². The fourth-order valence-electron chi connectivity index (χ4n) is 3.23. The molecule has 1 aromatic carbocycles. The fraction of sp³-hybridized carbons (Fsp3) is 0.556. The minimum Gasteiger partial charge on any atom is -0.381 e. The average Bonchev–Trinajstić information content (AvgIpc) is 2.54. The van der Waals surface area contributed by atoms with E-state index in [0.29, 0.717) is 13.2 Å². The van der Waals surface area contributed by atoms with Gasteiger partial charge in [-0.15, -0.1) is 0 Å². The summed E-state index contributed by atoms with van der Waals surface area (Å²) in [7, 11) is 0. The molecule has 2 amide bonds. The number of rotatable bonds is 7. The van der Waals surface area contributed by atoms with Gasteiger partial charge in [0.25, 0.3) is 0 Å². The van der Waals surface area contributed by atoms with Gasteiger partial charge < -0.3 is 15.8 Å². The van der Waals surface area contributed by atoms with Gasteiger partial charge in [0.15, 0.2) is 0 Å². The van der Waals surface area contributed by atoms with Crippen LogP contribution in [0.25, 0.3) is 0 Å². The van der Waals surface area contributed by atoms with Crippen LogP contribution < -0.4 is 11.1 Å². The number of carbonyl (C=O) groups is 2. The van der Waals surface area contributed by atoms with Crippen molar-refractivity contribution in [2.45, 2.75) is 44.6 Å². The number of ether oxygens (including phenoxy) is 1. The molecule has 2 unspecified atom stereocenters. The molecule has 0 aromatic heterocycles. The van der Waals surface area contributed by atoms with Gasteiger partial charge in [-0.05, 0) is 36.3 Å². The van der Waals surface area contributed by atoms with E-state index in [4.69, 9.17) is 10.5 Å². The van der Waals surface area contributed by atoms with E-state index in [9.17, 15) is 18.4 Å². The van der Waals surface area contributed by atoms with E-state index >= 15 is 0 Å². The first-order chi connectivity index (χ1) is 11.9. The molecule has 1 fully saturated rings. The minimum atomic E-state index is -0.668. The van der Waals surface area contributed by atoms with Gasteiger partial charge in [0, 0.05) is 38.2 Å². The number of hydrogen-bond acceptors (Lipinski definition) is 3. The maximum Gasteiger partial charge on any atom is 0.220 e. The van der Waals surface area contributed by atoms with Crippen molar-refractivity contribution in [2.75, 3.05) is 13.2 Å². The second kappa shape index (κ2) is 8.89. The lowest BCUT2D eigenvalue weighted by Gasteiger charge is -2.30. The normalized spacial score (nSPS) is 17.7. The molecule has 1 heterocycles. The molecular weight excluding hydrogens is 330 g/mol. The maximum absolute atomic E-state index is 13.8. The zero-order chi connectivity index (χ0) is 18.4. The van der Waals surface area contributed by atoms with E-state index in [1.807, 2.05) is 0 Å². The summed E-state index contributed by atoms with van der Waals surface area (Å²) in [6.07, 6.45) is 1.61. The highest BCUT2D eigenvalue weighted by molar-refractivity contribution is 5.79. The van der Waals surface area contributed by atoms with Crippen molar-refractivity contribution in [1.82, 2.24) is 5.32 Å². The van der Waals surface area contributed by atoms with Gasteiger partial charge in [-0.2, -0.15) is 0 Å². The molecule has 3 N–H and O–H groups in total. The van der Waals surface area contributed by atoms with Crippen LogP contribution in [0.5, 0.6) is 0 Å². The Morgan fingerprint density at radius 3 is 2.56 bits per heavy atom. The van der Waals surface area contributed by atoms with Crippen LogP contribution in [0.3, 0.4) is 0 Å². The first kappa shape index (κ1) is 19.3. The van der Waals surface area contributed by atoms with Gasteiger partial charge in [-0.3, -0.25) is 9.59 Å². The molecule has 0 aliphatic carbocycles. The Kier molecular flexibility index (Phi) is 6.87. The lowest BCUT2D eigenvalue weighted by atomic mass is 9.89. The standard InChI is InChI=1S/C18H24F2N2O3/c1-11(14-3-2-13(19)9-15(14)20)8-18(24)22-16(10-17(21)23)12-4-6-25-7-5-12/h2-3,9,11-12,16H,4-8,10H2,1H3,(H2,21,23)(H,22,24). The second-order valence-corrected chi connectivity index (χ2v) is 6.57. The summed E-state index contributed by atoms with van der Waals surface area (Å²) in [4.78, 5) is 23.7. The molecule has 0 spiro atoms. The zero-order valence-electron chi connectivity index (χ0n) is 14.3. The predicted octanol–water partition coefficient (Wildman–Crippen LogP) is 2.25. The average molecular weight is 354 g/mol. The highest BCUT2D eigenvalue weighted by atomic mass is 19.1. The van der Waals surface area contributed by atoms with Crippen molar-refractivity contribution in [3.05, 3.63) is 35.4 Å². The number of nitrogens with one attached hydrogen (secondary N) is 1. The van der Waals surface area contributed by atoms with Crippen molar-refractivity contribution >= 4 is 11.8 Å². The molecule has 1 aliphatic heterocycles. The number of hydrogen-bond donors (Lipinski definition) is 2. The quantitative estimate of drug-likeness (QED) is 0.788. The highest BCUT2D eigenvalue weighted by Crippen LogP contribution is 2.24. The molecule has 2 rings (SSSR count). The number of primary amides is 1. The molecule has 1 saturated heterocycles. The Hall–Kier alpha value is -2.02. The van der Waals surface area contributed by atoms with Gasteiger partial charge in [0.05, 0.1) is 0 Å². The van der Waals surface area contributed by atoms with Crippen LogP contribution in [0.15, 0.2) is 18.2 Å². The molecule has 138 valence electrons. The summed E-state index contributed by atoms with van der Waals surface area (Å²) in [5, 5.41) is 2.86. The molecule has 1 aromatic rings. The summed E-state index contributed by atoms with van der Waals surface area (Å²) in [6, 6.07) is 2.98. The van der Waals surface area contributed by atoms with Crippen LogP contribution in [0.2, 0.25) is 0 Å². The molecule has 5 nitrogen and oxygen atoms in total. The van der Waals surface area contributed by atoms with Gasteiger partial charge >= 0.3 is 0 Å². The summed E-state index contributed by atoms with van der Waals surface area (Å²) in [6.45, 7) is 2.88. The van der Waals surface area contributed by atoms with E-state index in [1.54, 1.807) is 6.92 Å². The maximum atomic E-state index is 13.8. The number of halogens is 2. The van der Waals surface area contributed by atoms with Crippen LogP contribution in [-0.2, 0) is 14.3 Å². The van der Waals surface area contributed by atoms with E-state index < -0.39 is 23.5 Å². The SMILES string of the molecule is CC(CC(=O)NC(CC(N)=O)C1CCOCC1)c1ccc(F)cc1F. The Balaban J connectivity index is 1.98. The van der Waals surface area contributed by atoms with Crippen molar-refractivity contribution in [3.8, 4) is 0 Å². The zero-order valence-corrected chi connectivity index (χ0v) is 14.3. The van der Waals surface area contributed by atoms with Gasteiger partial charge in [-0.25, -0.2) is 8.78 Å². The minimum absolute atomic E-state index is 0.0427.